The van der Waals surface area contributed by atoms with Crippen LogP contribution in [0.25, 0.3) is 22.2 Å². The van der Waals surface area contributed by atoms with Gasteiger partial charge in [0.05, 0.1) is 48.9 Å². The fourth-order valence-corrected chi connectivity index (χ4v) is 4.71. The van der Waals surface area contributed by atoms with E-state index in [9.17, 15) is 22.8 Å². The van der Waals surface area contributed by atoms with Gasteiger partial charge in [0, 0.05) is 18.8 Å². The summed E-state index contributed by atoms with van der Waals surface area (Å²) < 4.78 is 54.6. The summed E-state index contributed by atoms with van der Waals surface area (Å²) in [5, 5.41) is 13.8. The van der Waals surface area contributed by atoms with Crippen molar-refractivity contribution in [2.75, 3.05) is 40.1 Å². The number of nitrogens with zero attached hydrogens (tertiary/aromatic N) is 3. The first-order valence-corrected chi connectivity index (χ1v) is 12.9. The van der Waals surface area contributed by atoms with Crippen LogP contribution >= 0.6 is 0 Å². The fourth-order valence-electron chi connectivity index (χ4n) is 4.71. The van der Waals surface area contributed by atoms with E-state index in [1.54, 1.807) is 30.5 Å². The average Bonchev–Trinajstić information content (AvgIpc) is 3.53. The Morgan fingerprint density at radius 2 is 1.74 bits per heavy atom. The molecule has 1 saturated heterocycles. The minimum Gasteiger partial charge on any atom is -0.487 e. The maximum absolute atomic E-state index is 13.2. The third-order valence-corrected chi connectivity index (χ3v) is 6.59. The highest BCUT2D eigenvalue weighted by Gasteiger charge is 2.49. The molecule has 3 aromatic heterocycles. The Hall–Kier alpha value is -4.70. The molecule has 1 amide bonds. The van der Waals surface area contributed by atoms with Crippen LogP contribution in [0.1, 0.15) is 17.1 Å². The molecule has 1 atom stereocenters. The van der Waals surface area contributed by atoms with Crippen LogP contribution in [0.2, 0.25) is 0 Å². The highest BCUT2D eigenvalue weighted by atomic mass is 19.4. The summed E-state index contributed by atoms with van der Waals surface area (Å²) in [5.41, 5.74) is 1.88. The molecule has 0 saturated carbocycles. The third-order valence-electron chi connectivity index (χ3n) is 6.59. The van der Waals surface area contributed by atoms with Gasteiger partial charge >= 0.3 is 17.8 Å². The number of amides is 1. The molecule has 0 bridgehead atoms. The molecular weight excluding hydrogens is 579 g/mol. The molecule has 2 aliphatic heterocycles. The first kappa shape index (κ1) is 31.2. The quantitative estimate of drug-likeness (QED) is 0.314. The van der Waals surface area contributed by atoms with Crippen molar-refractivity contribution in [3.05, 3.63) is 64.2 Å². The summed E-state index contributed by atoms with van der Waals surface area (Å²) in [7, 11) is 1.53. The number of carbonyl (C=O) groups is 2. The molecule has 13 nitrogen and oxygen atoms in total. The number of alkyl halides is 3. The predicted molar refractivity (Wildman–Crippen MR) is 144 cm³/mol. The monoisotopic (exact) mass is 607 g/mol. The van der Waals surface area contributed by atoms with Gasteiger partial charge in [-0.05, 0) is 38.1 Å². The lowest BCUT2D eigenvalue weighted by atomic mass is 9.91. The van der Waals surface area contributed by atoms with E-state index < -0.39 is 29.3 Å². The summed E-state index contributed by atoms with van der Waals surface area (Å²) in [6.07, 6.45) is -3.50. The lowest BCUT2D eigenvalue weighted by Gasteiger charge is -2.36. The number of hydrogen-bond acceptors (Lipinski definition) is 9. The lowest BCUT2D eigenvalue weighted by Crippen LogP contribution is -2.57. The summed E-state index contributed by atoms with van der Waals surface area (Å²) in [6, 6.07) is 8.90. The normalized spacial score (nSPS) is 17.5. The van der Waals surface area contributed by atoms with E-state index in [2.05, 4.69) is 20.4 Å². The number of halogens is 3. The molecule has 0 spiro atoms. The number of pyridine rings is 1. The van der Waals surface area contributed by atoms with Crippen molar-refractivity contribution in [1.82, 2.24) is 25.0 Å². The Kier molecular flexibility index (Phi) is 9.20. The summed E-state index contributed by atoms with van der Waals surface area (Å²) in [4.78, 5) is 42.4. The van der Waals surface area contributed by atoms with Gasteiger partial charge in [0.15, 0.2) is 5.75 Å². The molecule has 1 fully saturated rings. The molecule has 0 radical (unpaired) electrons. The molecule has 2 aliphatic rings. The number of aromatic amines is 1. The molecule has 230 valence electrons. The van der Waals surface area contributed by atoms with E-state index in [-0.39, 0.29) is 6.61 Å². The van der Waals surface area contributed by atoms with Crippen LogP contribution in [0.15, 0.2) is 45.8 Å². The number of rotatable bonds is 3. The van der Waals surface area contributed by atoms with Gasteiger partial charge in [-0.25, -0.2) is 9.59 Å². The Bertz CT molecular complexity index is 1630. The highest BCUT2D eigenvalue weighted by molar-refractivity contribution is 5.96. The molecule has 3 N–H and O–H groups in total. The van der Waals surface area contributed by atoms with E-state index in [4.69, 9.17) is 28.6 Å². The second-order valence-electron chi connectivity index (χ2n) is 9.27. The van der Waals surface area contributed by atoms with Crippen LogP contribution in [0, 0.1) is 13.8 Å². The SMILES string of the molecule is C1COCCO1.CNC(=O)C1(c2ccccn2)COc2c(-c3c(C)noc3C)ccc3[nH]c(=O)n1c23.O=C(O)C(F)(F)F. The van der Waals surface area contributed by atoms with Crippen molar-refractivity contribution in [3.63, 3.8) is 0 Å². The molecule has 1 unspecified atom stereocenters. The number of carboxylic acids is 1. The minimum atomic E-state index is -5.08. The molecule has 16 heteroatoms. The molecule has 6 rings (SSSR count). The van der Waals surface area contributed by atoms with E-state index in [1.807, 2.05) is 19.9 Å². The van der Waals surface area contributed by atoms with Crippen molar-refractivity contribution in [2.45, 2.75) is 25.6 Å². The van der Waals surface area contributed by atoms with Gasteiger partial charge in [0.25, 0.3) is 5.91 Å². The van der Waals surface area contributed by atoms with Gasteiger partial charge in [-0.1, -0.05) is 11.2 Å². The zero-order valence-corrected chi connectivity index (χ0v) is 23.3. The maximum Gasteiger partial charge on any atom is 0.490 e. The summed E-state index contributed by atoms with van der Waals surface area (Å²) >= 11 is 0. The van der Waals surface area contributed by atoms with Crippen LogP contribution in [-0.2, 0) is 24.6 Å². The molecule has 0 aliphatic carbocycles. The topological polar surface area (TPSA) is 171 Å². The highest BCUT2D eigenvalue weighted by Crippen LogP contribution is 2.44. The Balaban J connectivity index is 0.000000271. The van der Waals surface area contributed by atoms with Gasteiger partial charge < -0.3 is 34.1 Å². The van der Waals surface area contributed by atoms with Crippen LogP contribution in [-0.4, -0.2) is 82.9 Å². The second-order valence-corrected chi connectivity index (χ2v) is 9.27. The van der Waals surface area contributed by atoms with E-state index in [0.29, 0.717) is 33.9 Å². The Morgan fingerprint density at radius 1 is 1.09 bits per heavy atom. The number of benzene rings is 1. The van der Waals surface area contributed by atoms with Crippen molar-refractivity contribution in [3.8, 4) is 16.9 Å². The number of aromatic nitrogens is 4. The molecular formula is C27H28F3N5O8. The van der Waals surface area contributed by atoms with Gasteiger partial charge in [-0.15, -0.1) is 0 Å². The average molecular weight is 608 g/mol. The minimum absolute atomic E-state index is 0.0933. The summed E-state index contributed by atoms with van der Waals surface area (Å²) in [6.45, 7) is 6.68. The number of imidazole rings is 1. The van der Waals surface area contributed by atoms with Gasteiger partial charge in [0.1, 0.15) is 17.9 Å². The number of H-pyrrole nitrogens is 1. The Morgan fingerprint density at radius 3 is 2.23 bits per heavy atom. The number of aryl methyl sites for hydroxylation is 2. The van der Waals surface area contributed by atoms with Crippen molar-refractivity contribution >= 4 is 22.9 Å². The smallest absolute Gasteiger partial charge is 0.487 e. The van der Waals surface area contributed by atoms with Crippen LogP contribution in [0.3, 0.4) is 0 Å². The second kappa shape index (κ2) is 12.7. The molecule has 43 heavy (non-hydrogen) atoms. The predicted octanol–water partition coefficient (Wildman–Crippen LogP) is 2.54. The van der Waals surface area contributed by atoms with E-state index in [0.717, 1.165) is 37.6 Å². The number of carbonyl (C=O) groups excluding carboxylic acids is 1. The fraction of sp³-hybridized carbons (Fsp3) is 0.370. The van der Waals surface area contributed by atoms with Crippen LogP contribution < -0.4 is 15.7 Å². The van der Waals surface area contributed by atoms with Gasteiger partial charge in [0.2, 0.25) is 5.54 Å². The number of likely N-dealkylation sites (N-methyl/N-ethyl adjacent to an activating group) is 1. The third kappa shape index (κ3) is 6.10. The first-order valence-electron chi connectivity index (χ1n) is 12.9. The van der Waals surface area contributed by atoms with Crippen molar-refractivity contribution in [1.29, 1.82) is 0 Å². The summed E-state index contributed by atoms with van der Waals surface area (Å²) in [5.74, 6) is -2.01. The first-order chi connectivity index (χ1) is 20.4. The van der Waals surface area contributed by atoms with Crippen LogP contribution in [0.4, 0.5) is 13.2 Å². The molecule has 5 heterocycles. The van der Waals surface area contributed by atoms with Crippen molar-refractivity contribution in [2.24, 2.45) is 0 Å². The van der Waals surface area contributed by atoms with Crippen LogP contribution in [0.5, 0.6) is 5.75 Å². The van der Waals surface area contributed by atoms with E-state index >= 15 is 0 Å². The number of hydrogen-bond donors (Lipinski definition) is 3. The number of nitrogens with one attached hydrogen (secondary N) is 2. The lowest BCUT2D eigenvalue weighted by molar-refractivity contribution is -0.192. The molecule has 1 aromatic carbocycles. The Labute approximate surface area is 241 Å². The number of aliphatic carboxylic acids is 1. The zero-order chi connectivity index (χ0) is 31.4. The van der Waals surface area contributed by atoms with Gasteiger partial charge in [-0.2, -0.15) is 13.2 Å². The zero-order valence-electron chi connectivity index (χ0n) is 23.3. The molecule has 4 aromatic rings. The van der Waals surface area contributed by atoms with Gasteiger partial charge in [-0.3, -0.25) is 14.3 Å². The largest absolute Gasteiger partial charge is 0.490 e. The van der Waals surface area contributed by atoms with Crippen molar-refractivity contribution < 1.29 is 46.6 Å². The maximum atomic E-state index is 13.2. The number of ether oxygens (including phenoxy) is 3. The van der Waals surface area contributed by atoms with E-state index in [1.165, 1.54) is 11.6 Å². The number of carboxylic acid groups (broad SMARTS) is 1. The standard InChI is InChI=1S/C21H19N5O4.C4H8O2.C2HF3O2/c1-11-16(12(2)30-25-11)13-7-8-14-17-18(13)29-10-21(19(27)22-3,26(17)20(28)24-14)15-6-4-5-9-23-15;1-2-6-4-3-5-1;3-2(4,5)1(6)7/h4-9H,10H2,1-3H3,(H,22,27)(H,24,28);1-4H2;(H,6,7).